The van der Waals surface area contributed by atoms with Crippen molar-refractivity contribution in [2.24, 2.45) is 0 Å². The molecule has 0 aliphatic carbocycles. The van der Waals surface area contributed by atoms with Gasteiger partial charge in [0.2, 0.25) is 0 Å². The summed E-state index contributed by atoms with van der Waals surface area (Å²) >= 11 is 0. The summed E-state index contributed by atoms with van der Waals surface area (Å²) < 4.78 is 28.3. The number of benzene rings is 2. The zero-order chi connectivity index (χ0) is 17.6. The third kappa shape index (κ3) is 5.38. The van der Waals surface area contributed by atoms with E-state index in [-0.39, 0.29) is 10.8 Å². The second kappa shape index (κ2) is 7.97. The van der Waals surface area contributed by atoms with Crippen molar-refractivity contribution in [1.29, 1.82) is 0 Å². The van der Waals surface area contributed by atoms with Gasteiger partial charge >= 0.3 is 0 Å². The van der Waals surface area contributed by atoms with Crippen LogP contribution in [0.3, 0.4) is 0 Å². The Labute approximate surface area is 142 Å². The van der Waals surface area contributed by atoms with E-state index in [2.05, 4.69) is 5.32 Å². The average Bonchev–Trinajstić information content (AvgIpc) is 2.55. The van der Waals surface area contributed by atoms with Crippen LogP contribution in [0.1, 0.15) is 12.5 Å². The van der Waals surface area contributed by atoms with E-state index in [1.165, 1.54) is 12.1 Å². The van der Waals surface area contributed by atoms with E-state index in [1.807, 2.05) is 30.3 Å². The van der Waals surface area contributed by atoms with Crippen LogP contribution in [0, 0.1) is 0 Å². The maximum Gasteiger partial charge on any atom is 0.260 e. The van der Waals surface area contributed by atoms with Crippen LogP contribution in [0.5, 0.6) is 5.75 Å². The zero-order valence-electron chi connectivity index (χ0n) is 13.7. The molecule has 1 atom stereocenters. The van der Waals surface area contributed by atoms with Crippen LogP contribution in [-0.4, -0.2) is 33.2 Å². The van der Waals surface area contributed by atoms with Gasteiger partial charge in [-0.05, 0) is 43.2 Å². The van der Waals surface area contributed by atoms with Gasteiger partial charge in [0.15, 0.2) is 15.9 Å². The van der Waals surface area contributed by atoms with Crippen molar-refractivity contribution in [3.63, 3.8) is 0 Å². The molecule has 2 rings (SSSR count). The summed E-state index contributed by atoms with van der Waals surface area (Å²) in [6, 6.07) is 15.9. The van der Waals surface area contributed by atoms with Gasteiger partial charge < -0.3 is 10.1 Å². The van der Waals surface area contributed by atoms with Crippen molar-refractivity contribution >= 4 is 15.7 Å². The van der Waals surface area contributed by atoms with Crippen LogP contribution >= 0.6 is 0 Å². The summed E-state index contributed by atoms with van der Waals surface area (Å²) in [5, 5.41) is 2.83. The molecule has 0 radical (unpaired) electrons. The van der Waals surface area contributed by atoms with Gasteiger partial charge in [-0.2, -0.15) is 0 Å². The van der Waals surface area contributed by atoms with Gasteiger partial charge in [0.05, 0.1) is 4.90 Å². The molecule has 0 bridgehead atoms. The van der Waals surface area contributed by atoms with Crippen LogP contribution in [0.4, 0.5) is 0 Å². The molecule has 0 aliphatic rings. The molecule has 1 unspecified atom stereocenters. The molecule has 0 aromatic heterocycles. The van der Waals surface area contributed by atoms with Crippen molar-refractivity contribution in [3.8, 4) is 5.75 Å². The van der Waals surface area contributed by atoms with E-state index in [4.69, 9.17) is 4.74 Å². The van der Waals surface area contributed by atoms with Gasteiger partial charge in [-0.25, -0.2) is 8.42 Å². The van der Waals surface area contributed by atoms with Crippen LogP contribution in [0.15, 0.2) is 59.5 Å². The monoisotopic (exact) mass is 347 g/mol. The van der Waals surface area contributed by atoms with Gasteiger partial charge in [-0.3, -0.25) is 4.79 Å². The third-order valence-electron chi connectivity index (χ3n) is 3.49. The maximum absolute atomic E-state index is 12.0. The van der Waals surface area contributed by atoms with Gasteiger partial charge in [0, 0.05) is 12.8 Å². The molecule has 128 valence electrons. The van der Waals surface area contributed by atoms with Gasteiger partial charge in [-0.1, -0.05) is 30.3 Å². The fourth-order valence-electron chi connectivity index (χ4n) is 2.14. The number of nitrogens with one attached hydrogen (secondary N) is 1. The van der Waals surface area contributed by atoms with Crippen LogP contribution in [0.25, 0.3) is 0 Å². The molecule has 24 heavy (non-hydrogen) atoms. The van der Waals surface area contributed by atoms with Crippen LogP contribution in [0.2, 0.25) is 0 Å². The molecule has 0 heterocycles. The minimum absolute atomic E-state index is 0.210. The maximum atomic E-state index is 12.0. The Kier molecular flexibility index (Phi) is 5.98. The Morgan fingerprint density at radius 3 is 2.29 bits per heavy atom. The first-order valence-corrected chi connectivity index (χ1v) is 9.54. The lowest BCUT2D eigenvalue weighted by molar-refractivity contribution is -0.127. The Balaban J connectivity index is 1.83. The highest BCUT2D eigenvalue weighted by Gasteiger charge is 2.14. The summed E-state index contributed by atoms with van der Waals surface area (Å²) in [5.41, 5.74) is 1.16. The number of carbonyl (C=O) groups excluding carboxylic acids is 1. The van der Waals surface area contributed by atoms with Gasteiger partial charge in [-0.15, -0.1) is 0 Å². The number of rotatable bonds is 7. The molecule has 0 aliphatic heterocycles. The summed E-state index contributed by atoms with van der Waals surface area (Å²) in [4.78, 5) is 12.2. The molecule has 1 N–H and O–H groups in total. The highest BCUT2D eigenvalue weighted by Crippen LogP contribution is 2.17. The van der Waals surface area contributed by atoms with Crippen molar-refractivity contribution in [2.45, 2.75) is 24.3 Å². The first-order valence-electron chi connectivity index (χ1n) is 7.64. The lowest BCUT2D eigenvalue weighted by atomic mass is 10.1. The molecule has 5 nitrogen and oxygen atoms in total. The number of amides is 1. The Bertz CT molecular complexity index is 770. The fraction of sp³-hybridized carbons (Fsp3) is 0.278. The highest BCUT2D eigenvalue weighted by atomic mass is 32.2. The molecule has 0 saturated carbocycles. The summed E-state index contributed by atoms with van der Waals surface area (Å²) in [5.74, 6) is 0.242. The molecular formula is C18H21NO4S. The molecule has 2 aromatic carbocycles. The lowest BCUT2D eigenvalue weighted by Crippen LogP contribution is -2.37. The smallest absolute Gasteiger partial charge is 0.260 e. The van der Waals surface area contributed by atoms with Crippen LogP contribution < -0.4 is 10.1 Å². The number of ether oxygens (including phenoxy) is 1. The number of sulfone groups is 1. The van der Waals surface area contributed by atoms with Crippen molar-refractivity contribution in [1.82, 2.24) is 5.32 Å². The van der Waals surface area contributed by atoms with E-state index in [0.717, 1.165) is 18.2 Å². The zero-order valence-corrected chi connectivity index (χ0v) is 14.5. The van der Waals surface area contributed by atoms with Crippen LogP contribution in [-0.2, 0) is 21.1 Å². The van der Waals surface area contributed by atoms with E-state index in [1.54, 1.807) is 19.1 Å². The largest absolute Gasteiger partial charge is 0.481 e. The summed E-state index contributed by atoms with van der Waals surface area (Å²) in [7, 11) is -3.24. The first-order chi connectivity index (χ1) is 11.4. The summed E-state index contributed by atoms with van der Waals surface area (Å²) in [6.45, 7) is 2.19. The van der Waals surface area contributed by atoms with Crippen molar-refractivity contribution < 1.29 is 17.9 Å². The minimum Gasteiger partial charge on any atom is -0.481 e. The Morgan fingerprint density at radius 1 is 1.08 bits per heavy atom. The normalized spacial score (nSPS) is 12.4. The quantitative estimate of drug-likeness (QED) is 0.833. The molecule has 6 heteroatoms. The van der Waals surface area contributed by atoms with Crippen molar-refractivity contribution in [3.05, 3.63) is 60.2 Å². The Hall–Kier alpha value is -2.34. The molecule has 0 fully saturated rings. The first kappa shape index (κ1) is 18.0. The number of hydrogen-bond donors (Lipinski definition) is 1. The number of carbonyl (C=O) groups is 1. The number of hydrogen-bond acceptors (Lipinski definition) is 4. The molecule has 0 saturated heterocycles. The van der Waals surface area contributed by atoms with E-state index in [9.17, 15) is 13.2 Å². The van der Waals surface area contributed by atoms with E-state index >= 15 is 0 Å². The predicted molar refractivity (Wildman–Crippen MR) is 92.8 cm³/mol. The molecule has 0 spiro atoms. The van der Waals surface area contributed by atoms with Gasteiger partial charge in [0.1, 0.15) is 5.75 Å². The summed E-state index contributed by atoms with van der Waals surface area (Å²) in [6.07, 6.45) is 1.23. The minimum atomic E-state index is -3.24. The third-order valence-corrected chi connectivity index (χ3v) is 4.62. The predicted octanol–water partition coefficient (Wildman–Crippen LogP) is 2.22. The standard InChI is InChI=1S/C18H21NO4S/c1-14(18(20)19-13-12-15-6-4-3-5-7-15)23-16-8-10-17(11-9-16)24(2,21)22/h3-11,14H,12-13H2,1-2H3,(H,19,20). The highest BCUT2D eigenvalue weighted by molar-refractivity contribution is 7.90. The molecule has 2 aromatic rings. The van der Waals surface area contributed by atoms with Crippen molar-refractivity contribution in [2.75, 3.05) is 12.8 Å². The lowest BCUT2D eigenvalue weighted by Gasteiger charge is -2.15. The van der Waals surface area contributed by atoms with Gasteiger partial charge in [0.25, 0.3) is 5.91 Å². The fourth-order valence-corrected chi connectivity index (χ4v) is 2.77. The second-order valence-corrected chi connectivity index (χ2v) is 7.55. The average molecular weight is 347 g/mol. The topological polar surface area (TPSA) is 72.5 Å². The second-order valence-electron chi connectivity index (χ2n) is 5.53. The van der Waals surface area contributed by atoms with E-state index in [0.29, 0.717) is 12.3 Å². The molecular weight excluding hydrogens is 326 g/mol. The Morgan fingerprint density at radius 2 is 1.71 bits per heavy atom. The SMILES string of the molecule is CC(Oc1ccc(S(C)(=O)=O)cc1)C(=O)NCCc1ccccc1. The van der Waals surface area contributed by atoms with E-state index < -0.39 is 15.9 Å². The molecule has 1 amide bonds.